The molecule has 10 aromatic rings. The summed E-state index contributed by atoms with van der Waals surface area (Å²) in [6, 6.07) is 60.2. The molecule has 242 valence electrons. The second-order valence-electron chi connectivity index (χ2n) is 14.3. The summed E-state index contributed by atoms with van der Waals surface area (Å²) in [6.07, 6.45) is 3.40. The number of fused-ring (bicyclic) bond motifs is 7. The maximum absolute atomic E-state index is 6.69. The van der Waals surface area contributed by atoms with E-state index in [1.807, 2.05) is 0 Å². The van der Waals surface area contributed by atoms with E-state index in [4.69, 9.17) is 4.42 Å². The lowest BCUT2D eigenvalue weighted by Gasteiger charge is -2.33. The molecule has 0 spiro atoms. The van der Waals surface area contributed by atoms with E-state index in [1.54, 1.807) is 0 Å². The Bertz CT molecular complexity index is 3110. The molecule has 1 aromatic heterocycles. The summed E-state index contributed by atoms with van der Waals surface area (Å²) in [6.45, 7) is 0. The van der Waals surface area contributed by atoms with Crippen LogP contribution in [0.25, 0.3) is 87.8 Å². The van der Waals surface area contributed by atoms with Gasteiger partial charge in [-0.3, -0.25) is 0 Å². The van der Waals surface area contributed by atoms with Crippen LogP contribution in [-0.2, 0) is 0 Å². The Labute approximate surface area is 300 Å². The summed E-state index contributed by atoms with van der Waals surface area (Å²) < 4.78 is 6.69. The van der Waals surface area contributed by atoms with Crippen molar-refractivity contribution in [2.75, 3.05) is 4.90 Å². The molecule has 2 heterocycles. The van der Waals surface area contributed by atoms with Crippen LogP contribution in [0.2, 0.25) is 0 Å². The predicted molar refractivity (Wildman–Crippen MR) is 219 cm³/mol. The third-order valence-electron chi connectivity index (χ3n) is 11.7. The lowest BCUT2D eigenvalue weighted by Crippen LogP contribution is -2.21. The Morgan fingerprint density at radius 1 is 0.481 bits per heavy atom. The van der Waals surface area contributed by atoms with Gasteiger partial charge >= 0.3 is 0 Å². The molecule has 1 aliphatic heterocycles. The number of para-hydroxylation sites is 1. The number of rotatable bonds is 3. The van der Waals surface area contributed by atoms with Gasteiger partial charge in [-0.2, -0.15) is 0 Å². The van der Waals surface area contributed by atoms with Gasteiger partial charge in [-0.25, -0.2) is 0 Å². The van der Waals surface area contributed by atoms with Crippen molar-refractivity contribution in [2.45, 2.75) is 12.5 Å². The molecule has 1 unspecified atom stereocenters. The highest BCUT2D eigenvalue weighted by Gasteiger charge is 2.37. The minimum Gasteiger partial charge on any atom is -0.455 e. The predicted octanol–water partition coefficient (Wildman–Crippen LogP) is 14.0. The Morgan fingerprint density at radius 2 is 1.13 bits per heavy atom. The molecule has 2 heteroatoms. The Balaban J connectivity index is 1.14. The van der Waals surface area contributed by atoms with Crippen LogP contribution in [0.15, 0.2) is 168 Å². The molecular formula is C50H31NO. The zero-order valence-corrected chi connectivity index (χ0v) is 28.3. The van der Waals surface area contributed by atoms with Gasteiger partial charge in [0, 0.05) is 32.9 Å². The van der Waals surface area contributed by atoms with Gasteiger partial charge < -0.3 is 9.32 Å². The molecule has 1 atom stereocenters. The van der Waals surface area contributed by atoms with Crippen LogP contribution in [0.5, 0.6) is 0 Å². The van der Waals surface area contributed by atoms with E-state index in [0.717, 1.165) is 28.4 Å². The molecule has 0 fully saturated rings. The Kier molecular flexibility index (Phi) is 5.64. The first kappa shape index (κ1) is 28.1. The van der Waals surface area contributed by atoms with Gasteiger partial charge in [-0.05, 0) is 102 Å². The van der Waals surface area contributed by atoms with Crippen molar-refractivity contribution in [2.24, 2.45) is 0 Å². The van der Waals surface area contributed by atoms with Crippen LogP contribution in [-0.4, -0.2) is 0 Å². The molecule has 0 radical (unpaired) electrons. The van der Waals surface area contributed by atoms with Gasteiger partial charge in [0.15, 0.2) is 0 Å². The first-order valence-corrected chi connectivity index (χ1v) is 18.2. The third-order valence-corrected chi connectivity index (χ3v) is 11.7. The van der Waals surface area contributed by atoms with Gasteiger partial charge in [0.2, 0.25) is 0 Å². The third kappa shape index (κ3) is 3.73. The second kappa shape index (κ2) is 10.4. The summed E-state index contributed by atoms with van der Waals surface area (Å²) in [5, 5.41) is 12.4. The maximum atomic E-state index is 6.69. The number of anilines is 2. The van der Waals surface area contributed by atoms with Gasteiger partial charge in [0.1, 0.15) is 11.2 Å². The number of hydrogen-bond donors (Lipinski definition) is 0. The standard InChI is InChI=1S/C50H31NO/c1-2-14-34(15-3-1)51-42-22-10-13-31-24-25-32-28-33(29-43(51)47(32)46(31)42)45-36-17-6-8-19-38(36)48(39-20-9-7-18-37(39)45)40-21-11-23-44-49(40)41-27-26-30-12-4-5-16-35(30)50(41)52-44/h1-28,43H,29H2. The molecule has 0 saturated heterocycles. The fourth-order valence-corrected chi connectivity index (χ4v) is 9.64. The van der Waals surface area contributed by atoms with Crippen molar-refractivity contribution >= 4 is 88.1 Å². The van der Waals surface area contributed by atoms with Crippen molar-refractivity contribution < 1.29 is 4.42 Å². The fourth-order valence-electron chi connectivity index (χ4n) is 9.64. The first-order valence-electron chi connectivity index (χ1n) is 18.2. The number of nitrogens with zero attached hydrogens (tertiary/aromatic N) is 1. The normalized spacial score (nSPS) is 15.1. The van der Waals surface area contributed by atoms with E-state index in [9.17, 15) is 0 Å². The highest BCUT2D eigenvalue weighted by Crippen LogP contribution is 2.56. The van der Waals surface area contributed by atoms with Crippen molar-refractivity contribution in [3.8, 4) is 11.1 Å². The minimum absolute atomic E-state index is 0.205. The molecule has 0 amide bonds. The van der Waals surface area contributed by atoms with Crippen LogP contribution >= 0.6 is 0 Å². The summed E-state index contributed by atoms with van der Waals surface area (Å²) in [7, 11) is 0. The zero-order chi connectivity index (χ0) is 33.9. The molecule has 12 rings (SSSR count). The monoisotopic (exact) mass is 661 g/mol. The van der Waals surface area contributed by atoms with Crippen LogP contribution in [0.3, 0.4) is 0 Å². The van der Waals surface area contributed by atoms with Crippen molar-refractivity contribution in [1.29, 1.82) is 0 Å². The van der Waals surface area contributed by atoms with E-state index in [2.05, 4.69) is 175 Å². The quantitative estimate of drug-likeness (QED) is 0.175. The summed E-state index contributed by atoms with van der Waals surface area (Å²) in [5.74, 6) is 0. The Hall–Kier alpha value is -6.64. The first-order chi connectivity index (χ1) is 25.8. The molecule has 52 heavy (non-hydrogen) atoms. The Morgan fingerprint density at radius 3 is 1.92 bits per heavy atom. The summed E-state index contributed by atoms with van der Waals surface area (Å²) in [4.78, 5) is 2.58. The smallest absolute Gasteiger partial charge is 0.143 e. The van der Waals surface area contributed by atoms with Crippen LogP contribution in [0, 0.1) is 0 Å². The van der Waals surface area contributed by atoms with E-state index >= 15 is 0 Å². The topological polar surface area (TPSA) is 16.4 Å². The van der Waals surface area contributed by atoms with Gasteiger partial charge in [-0.1, -0.05) is 140 Å². The molecule has 2 nitrogen and oxygen atoms in total. The van der Waals surface area contributed by atoms with Gasteiger partial charge in [0.05, 0.1) is 6.04 Å². The average molecular weight is 662 g/mol. The molecule has 0 N–H and O–H groups in total. The van der Waals surface area contributed by atoms with Crippen LogP contribution < -0.4 is 4.90 Å². The number of hydrogen-bond acceptors (Lipinski definition) is 2. The van der Waals surface area contributed by atoms with Gasteiger partial charge in [-0.15, -0.1) is 0 Å². The van der Waals surface area contributed by atoms with Crippen LogP contribution in [0.1, 0.15) is 29.2 Å². The lowest BCUT2D eigenvalue weighted by atomic mass is 9.79. The highest BCUT2D eigenvalue weighted by molar-refractivity contribution is 6.26. The number of furan rings is 1. The molecule has 0 bridgehead atoms. The van der Waals surface area contributed by atoms with Gasteiger partial charge in [0.25, 0.3) is 0 Å². The second-order valence-corrected chi connectivity index (χ2v) is 14.3. The summed E-state index contributed by atoms with van der Waals surface area (Å²) >= 11 is 0. The molecular weight excluding hydrogens is 631 g/mol. The van der Waals surface area contributed by atoms with Crippen molar-refractivity contribution in [3.05, 3.63) is 180 Å². The number of benzene rings is 9. The average Bonchev–Trinajstić information content (AvgIpc) is 3.76. The largest absolute Gasteiger partial charge is 0.455 e. The molecule has 1 aliphatic carbocycles. The summed E-state index contributed by atoms with van der Waals surface area (Å²) in [5.41, 5.74) is 12.4. The zero-order valence-electron chi connectivity index (χ0n) is 28.3. The van der Waals surface area contributed by atoms with E-state index in [0.29, 0.717) is 0 Å². The van der Waals surface area contributed by atoms with E-state index < -0.39 is 0 Å². The fraction of sp³-hybridized carbons (Fsp3) is 0.0400. The highest BCUT2D eigenvalue weighted by atomic mass is 16.3. The minimum atomic E-state index is 0.205. The molecule has 9 aromatic carbocycles. The molecule has 2 aliphatic rings. The molecule has 0 saturated carbocycles. The van der Waals surface area contributed by atoms with E-state index in [1.165, 1.54) is 87.9 Å². The maximum Gasteiger partial charge on any atom is 0.143 e. The van der Waals surface area contributed by atoms with Crippen LogP contribution in [0.4, 0.5) is 11.4 Å². The van der Waals surface area contributed by atoms with E-state index in [-0.39, 0.29) is 6.04 Å². The van der Waals surface area contributed by atoms with Crippen molar-refractivity contribution in [3.63, 3.8) is 0 Å². The lowest BCUT2D eigenvalue weighted by molar-refractivity contribution is 0.673. The van der Waals surface area contributed by atoms with Crippen molar-refractivity contribution in [1.82, 2.24) is 0 Å². The SMILES string of the molecule is C1=C(c2c3ccccc3c(-c3cccc4oc5c6ccccc6ccc5c34)c3ccccc23)CC2c3c1ccc1cccc(c31)N2c1ccccc1.